The van der Waals surface area contributed by atoms with Crippen LogP contribution < -0.4 is 4.90 Å². The van der Waals surface area contributed by atoms with Crippen molar-refractivity contribution in [1.29, 1.82) is 0 Å². The fraction of sp³-hybridized carbons (Fsp3) is 0.500. The zero-order chi connectivity index (χ0) is 16.4. The van der Waals surface area contributed by atoms with Crippen molar-refractivity contribution in [3.05, 3.63) is 29.3 Å². The number of rotatable bonds is 2. The van der Waals surface area contributed by atoms with E-state index < -0.39 is 5.20 Å². The van der Waals surface area contributed by atoms with Crippen LogP contribution in [0.4, 0.5) is 5.69 Å². The fourth-order valence-corrected chi connectivity index (χ4v) is 2.29. The topological polar surface area (TPSA) is 37.4 Å². The Morgan fingerprint density at radius 1 is 1.14 bits per heavy atom. The zero-order valence-electron chi connectivity index (χ0n) is 12.4. The lowest BCUT2D eigenvalue weighted by atomic mass is 9.99. The Labute approximate surface area is 140 Å². The highest BCUT2D eigenvalue weighted by atomic mass is 36.0. The molecule has 0 unspecified atom stereocenters. The Morgan fingerprint density at radius 3 is 2.10 bits per heavy atom. The van der Waals surface area contributed by atoms with Crippen LogP contribution in [-0.2, 0) is 15.8 Å². The number of fused-ring (bicyclic) bond motifs is 1. The molecule has 1 aliphatic rings. The van der Waals surface area contributed by atoms with Gasteiger partial charge in [0.25, 0.3) is 0 Å². The SMILES string of the molecule is CC(C)c1ccc2c(c1)CC(=O)N2C(C)C.O=P(Cl)(Cl)Cl. The highest BCUT2D eigenvalue weighted by Crippen LogP contribution is 2.61. The highest BCUT2D eigenvalue weighted by molar-refractivity contribution is 8.24. The first-order valence-corrected chi connectivity index (χ1v) is 11.1. The molecular weight excluding hydrogens is 351 g/mol. The first kappa shape index (κ1) is 18.8. The molecule has 0 N–H and O–H groups in total. The molecule has 0 saturated carbocycles. The summed E-state index contributed by atoms with van der Waals surface area (Å²) in [5, 5.41) is -3.22. The molecule has 0 aromatic heterocycles. The Kier molecular flexibility index (Phi) is 6.61. The summed E-state index contributed by atoms with van der Waals surface area (Å²) >= 11 is 13.8. The highest BCUT2D eigenvalue weighted by Gasteiger charge is 2.29. The van der Waals surface area contributed by atoms with Crippen molar-refractivity contribution < 1.29 is 9.36 Å². The molecule has 2 rings (SSSR count). The Balaban J connectivity index is 0.000000383. The summed E-state index contributed by atoms with van der Waals surface area (Å²) in [6.07, 6.45) is 0.564. The van der Waals surface area contributed by atoms with Crippen LogP contribution in [0, 0.1) is 0 Å². The van der Waals surface area contributed by atoms with E-state index in [1.54, 1.807) is 0 Å². The fourth-order valence-electron chi connectivity index (χ4n) is 2.29. The van der Waals surface area contributed by atoms with Crippen molar-refractivity contribution in [2.24, 2.45) is 0 Å². The van der Waals surface area contributed by atoms with Gasteiger partial charge in [0.15, 0.2) is 0 Å². The number of hydrogen-bond acceptors (Lipinski definition) is 2. The van der Waals surface area contributed by atoms with Crippen molar-refractivity contribution in [2.45, 2.75) is 46.1 Å². The van der Waals surface area contributed by atoms with E-state index in [9.17, 15) is 9.36 Å². The average Bonchev–Trinajstić information content (AvgIpc) is 2.61. The Morgan fingerprint density at radius 2 is 1.67 bits per heavy atom. The molecule has 0 bridgehead atoms. The van der Waals surface area contributed by atoms with Gasteiger partial charge in [-0.2, -0.15) is 0 Å². The van der Waals surface area contributed by atoms with Gasteiger partial charge in [-0.1, -0.05) is 26.0 Å². The van der Waals surface area contributed by atoms with Crippen molar-refractivity contribution in [2.75, 3.05) is 4.90 Å². The summed E-state index contributed by atoms with van der Waals surface area (Å²) in [4.78, 5) is 13.8. The number of nitrogens with zero attached hydrogens (tertiary/aromatic N) is 1. The van der Waals surface area contributed by atoms with Crippen molar-refractivity contribution in [1.82, 2.24) is 0 Å². The molecule has 1 amide bonds. The van der Waals surface area contributed by atoms with Gasteiger partial charge in [-0.15, -0.1) is 0 Å². The number of hydrogen-bond donors (Lipinski definition) is 0. The third-order valence-electron chi connectivity index (χ3n) is 3.16. The van der Waals surface area contributed by atoms with Gasteiger partial charge in [0.1, 0.15) is 0 Å². The summed E-state index contributed by atoms with van der Waals surface area (Å²) in [7, 11) is 0. The minimum Gasteiger partial charge on any atom is -0.309 e. The molecule has 0 atom stereocenters. The summed E-state index contributed by atoms with van der Waals surface area (Å²) in [5.41, 5.74) is 3.60. The Hall–Kier alpha value is -0.210. The maximum Gasteiger partial charge on any atom is 0.339 e. The van der Waals surface area contributed by atoms with Gasteiger partial charge in [-0.05, 0) is 70.7 Å². The molecule has 7 heteroatoms. The molecule has 1 aromatic rings. The molecule has 1 heterocycles. The van der Waals surface area contributed by atoms with E-state index in [0.717, 1.165) is 5.69 Å². The van der Waals surface area contributed by atoms with E-state index in [1.165, 1.54) is 11.1 Å². The second kappa shape index (κ2) is 7.37. The van der Waals surface area contributed by atoms with Crippen LogP contribution in [0.15, 0.2) is 18.2 Å². The third kappa shape index (κ3) is 5.83. The van der Waals surface area contributed by atoms with Gasteiger partial charge in [0.2, 0.25) is 5.91 Å². The average molecular weight is 371 g/mol. The predicted molar refractivity (Wildman–Crippen MR) is 92.0 cm³/mol. The van der Waals surface area contributed by atoms with Gasteiger partial charge in [0, 0.05) is 11.7 Å². The van der Waals surface area contributed by atoms with Crippen molar-refractivity contribution in [3.63, 3.8) is 0 Å². The smallest absolute Gasteiger partial charge is 0.309 e. The standard InChI is InChI=1S/C14H19NO.Cl3OP/c1-9(2)11-5-6-13-12(7-11)8-14(16)15(13)10(3)4;1-5(2,3)4/h5-7,9-10H,8H2,1-4H3;. The van der Waals surface area contributed by atoms with Crippen LogP contribution >= 0.6 is 38.9 Å². The van der Waals surface area contributed by atoms with Gasteiger partial charge >= 0.3 is 5.20 Å². The molecule has 21 heavy (non-hydrogen) atoms. The largest absolute Gasteiger partial charge is 0.339 e. The van der Waals surface area contributed by atoms with Crippen LogP contribution in [0.25, 0.3) is 0 Å². The molecule has 0 spiro atoms. The monoisotopic (exact) mass is 369 g/mol. The van der Waals surface area contributed by atoms with Crippen LogP contribution in [0.2, 0.25) is 0 Å². The maximum atomic E-state index is 11.9. The molecule has 1 aliphatic heterocycles. The molecule has 0 fully saturated rings. The molecule has 0 saturated heterocycles. The number of anilines is 1. The number of benzene rings is 1. The third-order valence-corrected chi connectivity index (χ3v) is 3.16. The molecule has 1 aromatic carbocycles. The van der Waals surface area contributed by atoms with E-state index in [4.69, 9.17) is 0 Å². The Bertz CT molecular complexity index is 561. The minimum atomic E-state index is -3.22. The van der Waals surface area contributed by atoms with Crippen LogP contribution in [0.1, 0.15) is 44.7 Å². The first-order valence-electron chi connectivity index (χ1n) is 6.64. The second-order valence-electron chi connectivity index (χ2n) is 5.48. The van der Waals surface area contributed by atoms with E-state index in [1.807, 2.05) is 4.90 Å². The van der Waals surface area contributed by atoms with Gasteiger partial charge in [-0.3, -0.25) is 9.36 Å². The number of amides is 1. The first-order chi connectivity index (χ1) is 9.50. The summed E-state index contributed by atoms with van der Waals surface area (Å²) in [6.45, 7) is 8.48. The van der Waals surface area contributed by atoms with Gasteiger partial charge < -0.3 is 4.90 Å². The minimum absolute atomic E-state index is 0.228. The lowest BCUT2D eigenvalue weighted by Crippen LogP contribution is -2.33. The van der Waals surface area contributed by atoms with E-state index in [2.05, 4.69) is 79.6 Å². The van der Waals surface area contributed by atoms with Gasteiger partial charge in [-0.25, -0.2) is 0 Å². The zero-order valence-corrected chi connectivity index (χ0v) is 15.6. The second-order valence-corrected chi connectivity index (χ2v) is 12.1. The molecule has 3 nitrogen and oxygen atoms in total. The number of halogens is 3. The summed E-state index contributed by atoms with van der Waals surface area (Å²) in [5.74, 6) is 0.749. The van der Waals surface area contributed by atoms with E-state index in [0.29, 0.717) is 12.3 Å². The molecule has 0 radical (unpaired) electrons. The van der Waals surface area contributed by atoms with E-state index >= 15 is 0 Å². The molecule has 118 valence electrons. The lowest BCUT2D eigenvalue weighted by Gasteiger charge is -2.22. The summed E-state index contributed by atoms with van der Waals surface area (Å²) < 4.78 is 9.51. The number of carbonyl (C=O) groups excluding carboxylic acids is 1. The summed E-state index contributed by atoms with van der Waals surface area (Å²) in [6, 6.07) is 6.66. The van der Waals surface area contributed by atoms with Gasteiger partial charge in [0.05, 0.1) is 6.42 Å². The quantitative estimate of drug-likeness (QED) is 0.606. The number of carbonyl (C=O) groups is 1. The molecular formula is C14H19Cl3NO2P. The normalized spacial score (nSPS) is 14.3. The van der Waals surface area contributed by atoms with Crippen molar-refractivity contribution in [3.8, 4) is 0 Å². The van der Waals surface area contributed by atoms with Crippen LogP contribution in [0.3, 0.4) is 0 Å². The lowest BCUT2D eigenvalue weighted by molar-refractivity contribution is -0.117. The van der Waals surface area contributed by atoms with Crippen molar-refractivity contribution >= 4 is 50.5 Å². The van der Waals surface area contributed by atoms with E-state index in [-0.39, 0.29) is 11.9 Å². The van der Waals surface area contributed by atoms with Crippen LogP contribution in [-0.4, -0.2) is 11.9 Å². The predicted octanol–water partition coefficient (Wildman–Crippen LogP) is 5.92. The van der Waals surface area contributed by atoms with Crippen LogP contribution in [0.5, 0.6) is 0 Å². The molecule has 0 aliphatic carbocycles. The maximum absolute atomic E-state index is 11.9.